The molecule has 2 saturated heterocycles. The maximum atomic E-state index is 11.6. The monoisotopic (exact) mass is 413 g/mol. The van der Waals surface area contributed by atoms with Crippen LogP contribution in [0.25, 0.3) is 0 Å². The number of pyridine rings is 1. The number of hydrogen-bond acceptors (Lipinski definition) is 5. The minimum Gasteiger partial charge on any atom is -0.372 e. The van der Waals surface area contributed by atoms with Crippen molar-refractivity contribution >= 4 is 21.3 Å². The summed E-state index contributed by atoms with van der Waals surface area (Å²) in [4.78, 5) is 9.77. The van der Waals surface area contributed by atoms with Crippen molar-refractivity contribution in [1.29, 1.82) is 0 Å². The van der Waals surface area contributed by atoms with Gasteiger partial charge >= 0.3 is 0 Å². The SMILES string of the molecule is Cc1ccnc(N2CCC(C3CCN(c4ccc(S(C)(=O)=O)cc4)CC3)CC2)c1. The van der Waals surface area contributed by atoms with Gasteiger partial charge in [0.1, 0.15) is 5.82 Å². The lowest BCUT2D eigenvalue weighted by atomic mass is 9.78. The molecule has 0 amide bonds. The smallest absolute Gasteiger partial charge is 0.175 e. The van der Waals surface area contributed by atoms with Gasteiger partial charge in [0.2, 0.25) is 0 Å². The molecule has 0 bridgehead atoms. The van der Waals surface area contributed by atoms with Gasteiger partial charge in [-0.2, -0.15) is 0 Å². The van der Waals surface area contributed by atoms with Crippen molar-refractivity contribution in [2.24, 2.45) is 11.8 Å². The van der Waals surface area contributed by atoms with Gasteiger partial charge in [-0.3, -0.25) is 0 Å². The van der Waals surface area contributed by atoms with Crippen molar-refractivity contribution in [1.82, 2.24) is 4.98 Å². The van der Waals surface area contributed by atoms with E-state index in [1.165, 1.54) is 37.5 Å². The van der Waals surface area contributed by atoms with Gasteiger partial charge in [0.05, 0.1) is 4.90 Å². The first kappa shape index (κ1) is 20.2. The fraction of sp³-hybridized carbons (Fsp3) is 0.522. The fourth-order valence-electron chi connectivity index (χ4n) is 4.83. The summed E-state index contributed by atoms with van der Waals surface area (Å²) >= 11 is 0. The van der Waals surface area contributed by atoms with Crippen LogP contribution in [-0.2, 0) is 9.84 Å². The standard InChI is InChI=1S/C23H31N3O2S/c1-18-7-12-24-23(17-18)26-15-10-20(11-16-26)19-8-13-25(14-9-19)21-3-5-22(6-4-21)29(2,27)28/h3-7,12,17,19-20H,8-11,13-16H2,1-2H3. The lowest BCUT2D eigenvalue weighted by molar-refractivity contribution is 0.233. The van der Waals surface area contributed by atoms with E-state index in [4.69, 9.17) is 0 Å². The predicted molar refractivity (Wildman–Crippen MR) is 118 cm³/mol. The van der Waals surface area contributed by atoms with Crippen molar-refractivity contribution in [3.8, 4) is 0 Å². The van der Waals surface area contributed by atoms with Crippen molar-refractivity contribution < 1.29 is 8.42 Å². The zero-order valence-electron chi connectivity index (χ0n) is 17.4. The lowest BCUT2D eigenvalue weighted by Gasteiger charge is -2.41. The Morgan fingerprint density at radius 2 is 1.41 bits per heavy atom. The van der Waals surface area contributed by atoms with E-state index in [0.29, 0.717) is 4.90 Å². The first-order chi connectivity index (χ1) is 13.9. The van der Waals surface area contributed by atoms with Gasteiger partial charge in [-0.25, -0.2) is 13.4 Å². The molecular formula is C23H31N3O2S. The number of nitrogens with zero attached hydrogens (tertiary/aromatic N) is 3. The third-order valence-electron chi connectivity index (χ3n) is 6.60. The normalized spacial score (nSPS) is 19.5. The van der Waals surface area contributed by atoms with Crippen molar-refractivity contribution in [2.45, 2.75) is 37.5 Å². The first-order valence-corrected chi connectivity index (χ1v) is 12.5. The molecule has 0 spiro atoms. The Labute approximate surface area is 174 Å². The number of aryl methyl sites for hydroxylation is 1. The average Bonchev–Trinajstić information content (AvgIpc) is 2.74. The molecule has 0 atom stereocenters. The molecule has 1 aromatic carbocycles. The lowest BCUT2D eigenvalue weighted by Crippen LogP contribution is -2.41. The molecule has 6 heteroatoms. The predicted octanol–water partition coefficient (Wildman–Crippen LogP) is 3.93. The van der Waals surface area contributed by atoms with Crippen molar-refractivity contribution in [3.63, 3.8) is 0 Å². The number of rotatable bonds is 4. The molecule has 4 rings (SSSR count). The molecule has 156 valence electrons. The van der Waals surface area contributed by atoms with Crippen LogP contribution in [-0.4, -0.2) is 45.8 Å². The molecule has 2 aliphatic rings. The summed E-state index contributed by atoms with van der Waals surface area (Å²) in [6.07, 6.45) is 8.12. The Kier molecular flexibility index (Phi) is 5.81. The molecule has 2 fully saturated rings. The van der Waals surface area contributed by atoms with Gasteiger partial charge in [-0.1, -0.05) is 0 Å². The van der Waals surface area contributed by atoms with E-state index >= 15 is 0 Å². The highest BCUT2D eigenvalue weighted by molar-refractivity contribution is 7.90. The summed E-state index contributed by atoms with van der Waals surface area (Å²) in [6, 6.07) is 11.6. The maximum Gasteiger partial charge on any atom is 0.175 e. The largest absolute Gasteiger partial charge is 0.372 e. The van der Waals surface area contributed by atoms with E-state index in [0.717, 1.165) is 49.5 Å². The van der Waals surface area contributed by atoms with E-state index in [-0.39, 0.29) is 0 Å². The second kappa shape index (κ2) is 8.34. The van der Waals surface area contributed by atoms with Gasteiger partial charge in [-0.05, 0) is 86.4 Å². The number of anilines is 2. The Bertz CT molecular complexity index is 927. The van der Waals surface area contributed by atoms with Gasteiger partial charge in [0, 0.05) is 44.3 Å². The fourth-order valence-corrected chi connectivity index (χ4v) is 5.46. The Balaban J connectivity index is 1.29. The van der Waals surface area contributed by atoms with E-state index in [1.807, 2.05) is 18.3 Å². The minimum atomic E-state index is -3.13. The van der Waals surface area contributed by atoms with Gasteiger partial charge in [-0.15, -0.1) is 0 Å². The van der Waals surface area contributed by atoms with E-state index in [1.54, 1.807) is 12.1 Å². The highest BCUT2D eigenvalue weighted by atomic mass is 32.2. The second-order valence-corrected chi connectivity index (χ2v) is 10.6. The quantitative estimate of drug-likeness (QED) is 0.760. The van der Waals surface area contributed by atoms with Crippen LogP contribution in [0, 0.1) is 18.8 Å². The Morgan fingerprint density at radius 3 is 1.93 bits per heavy atom. The van der Waals surface area contributed by atoms with E-state index in [9.17, 15) is 8.42 Å². The second-order valence-electron chi connectivity index (χ2n) is 8.61. The van der Waals surface area contributed by atoms with Crippen molar-refractivity contribution in [3.05, 3.63) is 48.2 Å². The molecule has 5 nitrogen and oxygen atoms in total. The Morgan fingerprint density at radius 1 is 0.862 bits per heavy atom. The summed E-state index contributed by atoms with van der Waals surface area (Å²) in [6.45, 7) is 6.45. The van der Waals surface area contributed by atoms with Crippen molar-refractivity contribution in [2.75, 3.05) is 42.2 Å². The van der Waals surface area contributed by atoms with Gasteiger partial charge < -0.3 is 9.80 Å². The highest BCUT2D eigenvalue weighted by Gasteiger charge is 2.30. The molecule has 0 N–H and O–H groups in total. The molecule has 3 heterocycles. The summed E-state index contributed by atoms with van der Waals surface area (Å²) in [5.41, 5.74) is 2.41. The summed E-state index contributed by atoms with van der Waals surface area (Å²) < 4.78 is 23.3. The topological polar surface area (TPSA) is 53.5 Å². The summed E-state index contributed by atoms with van der Waals surface area (Å²) in [5.74, 6) is 2.73. The van der Waals surface area contributed by atoms with Crippen LogP contribution < -0.4 is 9.80 Å². The van der Waals surface area contributed by atoms with E-state index in [2.05, 4.69) is 33.8 Å². The molecular weight excluding hydrogens is 382 g/mol. The van der Waals surface area contributed by atoms with Crippen LogP contribution in [0.3, 0.4) is 0 Å². The number of piperidine rings is 2. The molecule has 2 aromatic rings. The number of aromatic nitrogens is 1. The molecule has 2 aliphatic heterocycles. The Hall–Kier alpha value is -2.08. The summed E-state index contributed by atoms with van der Waals surface area (Å²) in [7, 11) is -3.13. The van der Waals surface area contributed by atoms with Crippen LogP contribution >= 0.6 is 0 Å². The molecule has 0 saturated carbocycles. The van der Waals surface area contributed by atoms with Crippen LogP contribution in [0.15, 0.2) is 47.5 Å². The number of hydrogen-bond donors (Lipinski definition) is 0. The maximum absolute atomic E-state index is 11.6. The third-order valence-corrected chi connectivity index (χ3v) is 7.73. The zero-order valence-corrected chi connectivity index (χ0v) is 18.2. The highest BCUT2D eigenvalue weighted by Crippen LogP contribution is 2.35. The minimum absolute atomic E-state index is 0.394. The molecule has 29 heavy (non-hydrogen) atoms. The molecule has 1 aromatic heterocycles. The van der Waals surface area contributed by atoms with Crippen LogP contribution in [0.5, 0.6) is 0 Å². The van der Waals surface area contributed by atoms with Crippen LogP contribution in [0.4, 0.5) is 11.5 Å². The zero-order chi connectivity index (χ0) is 20.4. The molecule has 0 unspecified atom stereocenters. The molecule has 0 radical (unpaired) electrons. The van der Waals surface area contributed by atoms with Crippen LogP contribution in [0.2, 0.25) is 0 Å². The summed E-state index contributed by atoms with van der Waals surface area (Å²) in [5, 5.41) is 0. The molecule has 0 aliphatic carbocycles. The number of sulfone groups is 1. The number of benzene rings is 1. The third kappa shape index (κ3) is 4.74. The average molecular weight is 414 g/mol. The van der Waals surface area contributed by atoms with Crippen LogP contribution in [0.1, 0.15) is 31.2 Å². The first-order valence-electron chi connectivity index (χ1n) is 10.6. The van der Waals surface area contributed by atoms with Gasteiger partial charge in [0.15, 0.2) is 9.84 Å². The van der Waals surface area contributed by atoms with Gasteiger partial charge in [0.25, 0.3) is 0 Å². The van der Waals surface area contributed by atoms with E-state index < -0.39 is 9.84 Å².